The van der Waals surface area contributed by atoms with Gasteiger partial charge in [0.25, 0.3) is 0 Å². The van der Waals surface area contributed by atoms with Crippen molar-refractivity contribution in [3.63, 3.8) is 0 Å². The molecular weight excluding hydrogens is 278 g/mol. The molecule has 0 aliphatic heterocycles. The van der Waals surface area contributed by atoms with Crippen molar-refractivity contribution < 1.29 is 9.90 Å². The molecule has 0 bridgehead atoms. The Labute approximate surface area is 128 Å². The van der Waals surface area contributed by atoms with Crippen LogP contribution < -0.4 is 5.32 Å². The molecule has 5 nitrogen and oxygen atoms in total. The summed E-state index contributed by atoms with van der Waals surface area (Å²) in [4.78, 5) is 11.6. The van der Waals surface area contributed by atoms with E-state index in [0.29, 0.717) is 5.69 Å². The highest BCUT2D eigenvalue weighted by atomic mass is 16.3. The van der Waals surface area contributed by atoms with Gasteiger partial charge in [-0.25, -0.2) is 4.68 Å². The van der Waals surface area contributed by atoms with E-state index < -0.39 is 0 Å². The quantitative estimate of drug-likeness (QED) is 0.777. The van der Waals surface area contributed by atoms with E-state index in [1.54, 1.807) is 6.20 Å². The van der Waals surface area contributed by atoms with Gasteiger partial charge in [-0.3, -0.25) is 4.79 Å². The molecule has 0 saturated heterocycles. The van der Waals surface area contributed by atoms with Gasteiger partial charge in [-0.15, -0.1) is 0 Å². The molecule has 0 spiro atoms. The normalized spacial score (nSPS) is 10.8. The summed E-state index contributed by atoms with van der Waals surface area (Å²) >= 11 is 0. The zero-order chi connectivity index (χ0) is 15.5. The van der Waals surface area contributed by atoms with Crippen LogP contribution in [-0.4, -0.2) is 27.4 Å². The van der Waals surface area contributed by atoms with Crippen molar-refractivity contribution in [2.24, 2.45) is 0 Å². The Bertz CT molecular complexity index is 824. The number of benzene rings is 2. The minimum atomic E-state index is -0.205. The summed E-state index contributed by atoms with van der Waals surface area (Å²) in [6.07, 6.45) is 1.90. The summed E-state index contributed by atoms with van der Waals surface area (Å²) in [5.41, 5.74) is 3.76. The standard InChI is InChI=1S/C17H17N3O2/c1-12-3-2-4-15(9-12)20-16-10-14(19-17(22)7-8-21)6-5-13(16)11-18-20/h2-6,9-11,21H,7-8H2,1H3,(H,19,22). The zero-order valence-corrected chi connectivity index (χ0v) is 12.3. The second-order valence-electron chi connectivity index (χ2n) is 5.19. The number of hydrogen-bond donors (Lipinski definition) is 2. The lowest BCUT2D eigenvalue weighted by Gasteiger charge is -2.07. The number of carbonyl (C=O) groups is 1. The number of rotatable bonds is 4. The van der Waals surface area contributed by atoms with Crippen LogP contribution in [0.15, 0.2) is 48.7 Å². The van der Waals surface area contributed by atoms with E-state index in [9.17, 15) is 4.79 Å². The third kappa shape index (κ3) is 2.84. The summed E-state index contributed by atoms with van der Waals surface area (Å²) < 4.78 is 1.85. The zero-order valence-electron chi connectivity index (χ0n) is 12.3. The topological polar surface area (TPSA) is 67.2 Å². The Kier molecular flexibility index (Phi) is 3.89. The van der Waals surface area contributed by atoms with Crippen molar-refractivity contribution in [2.75, 3.05) is 11.9 Å². The fourth-order valence-corrected chi connectivity index (χ4v) is 2.39. The van der Waals surface area contributed by atoms with Crippen LogP contribution in [0.25, 0.3) is 16.6 Å². The summed E-state index contributed by atoms with van der Waals surface area (Å²) in [6, 6.07) is 13.7. The van der Waals surface area contributed by atoms with Gasteiger partial charge in [0.15, 0.2) is 0 Å². The molecule has 3 aromatic rings. The van der Waals surface area contributed by atoms with Crippen LogP contribution in [0.1, 0.15) is 12.0 Å². The van der Waals surface area contributed by atoms with Crippen molar-refractivity contribution >= 4 is 22.5 Å². The summed E-state index contributed by atoms with van der Waals surface area (Å²) in [6.45, 7) is 1.88. The molecule has 3 rings (SSSR count). The molecule has 1 amide bonds. The number of carbonyl (C=O) groups excluding carboxylic acids is 1. The number of anilines is 1. The molecule has 0 saturated carbocycles. The highest BCUT2D eigenvalue weighted by Crippen LogP contribution is 2.22. The van der Waals surface area contributed by atoms with Gasteiger partial charge in [-0.2, -0.15) is 5.10 Å². The molecular formula is C17H17N3O2. The second kappa shape index (κ2) is 5.99. The van der Waals surface area contributed by atoms with Crippen LogP contribution in [-0.2, 0) is 4.79 Å². The number of nitrogens with zero attached hydrogens (tertiary/aromatic N) is 2. The van der Waals surface area contributed by atoms with E-state index in [1.165, 1.54) is 0 Å². The number of aromatic nitrogens is 2. The van der Waals surface area contributed by atoms with Crippen molar-refractivity contribution in [1.29, 1.82) is 0 Å². The number of hydrogen-bond acceptors (Lipinski definition) is 3. The Balaban J connectivity index is 2.00. The fraction of sp³-hybridized carbons (Fsp3) is 0.176. The van der Waals surface area contributed by atoms with Gasteiger partial charge in [-0.05, 0) is 42.8 Å². The average molecular weight is 295 g/mol. The molecule has 0 unspecified atom stereocenters. The number of aryl methyl sites for hydroxylation is 1. The lowest BCUT2D eigenvalue weighted by Crippen LogP contribution is -2.12. The van der Waals surface area contributed by atoms with Crippen LogP contribution in [0, 0.1) is 6.92 Å². The molecule has 1 aromatic heterocycles. The summed E-state index contributed by atoms with van der Waals surface area (Å²) in [5, 5.41) is 17.0. The minimum absolute atomic E-state index is 0.0924. The van der Waals surface area contributed by atoms with Gasteiger partial charge in [0.1, 0.15) is 0 Å². The van der Waals surface area contributed by atoms with Crippen LogP contribution in [0.2, 0.25) is 0 Å². The Morgan fingerprint density at radius 1 is 1.27 bits per heavy atom. The highest BCUT2D eigenvalue weighted by molar-refractivity contribution is 5.93. The maximum Gasteiger partial charge on any atom is 0.226 e. The molecule has 2 N–H and O–H groups in total. The molecule has 0 fully saturated rings. The fourth-order valence-electron chi connectivity index (χ4n) is 2.39. The van der Waals surface area contributed by atoms with E-state index in [-0.39, 0.29) is 18.9 Å². The lowest BCUT2D eigenvalue weighted by molar-refractivity contribution is -0.116. The molecule has 22 heavy (non-hydrogen) atoms. The van der Waals surface area contributed by atoms with Crippen molar-refractivity contribution in [3.8, 4) is 5.69 Å². The van der Waals surface area contributed by atoms with Crippen molar-refractivity contribution in [1.82, 2.24) is 9.78 Å². The van der Waals surface area contributed by atoms with E-state index in [1.807, 2.05) is 48.0 Å². The first-order valence-electron chi connectivity index (χ1n) is 7.13. The van der Waals surface area contributed by atoms with Crippen molar-refractivity contribution in [3.05, 3.63) is 54.2 Å². The molecule has 2 aromatic carbocycles. The lowest BCUT2D eigenvalue weighted by atomic mass is 10.2. The van der Waals surface area contributed by atoms with Gasteiger partial charge in [0.2, 0.25) is 5.91 Å². The second-order valence-corrected chi connectivity index (χ2v) is 5.19. The van der Waals surface area contributed by atoms with Gasteiger partial charge in [-0.1, -0.05) is 12.1 Å². The molecule has 0 radical (unpaired) electrons. The maximum absolute atomic E-state index is 11.6. The predicted octanol–water partition coefficient (Wildman–Crippen LogP) is 2.65. The SMILES string of the molecule is Cc1cccc(-n2ncc3ccc(NC(=O)CCO)cc32)c1. The molecule has 0 aliphatic rings. The number of aliphatic hydroxyl groups is 1. The van der Waals surface area contributed by atoms with E-state index >= 15 is 0 Å². The first-order valence-corrected chi connectivity index (χ1v) is 7.13. The molecule has 1 heterocycles. The van der Waals surface area contributed by atoms with Crippen LogP contribution >= 0.6 is 0 Å². The molecule has 0 aliphatic carbocycles. The highest BCUT2D eigenvalue weighted by Gasteiger charge is 2.08. The Hall–Kier alpha value is -2.66. The Morgan fingerprint density at radius 3 is 2.91 bits per heavy atom. The summed E-state index contributed by atoms with van der Waals surface area (Å²) in [7, 11) is 0. The first kappa shape index (κ1) is 14.3. The third-order valence-corrected chi connectivity index (χ3v) is 3.44. The average Bonchev–Trinajstić information content (AvgIpc) is 2.90. The van der Waals surface area contributed by atoms with E-state index in [2.05, 4.69) is 16.5 Å². The third-order valence-electron chi connectivity index (χ3n) is 3.44. The van der Waals surface area contributed by atoms with Gasteiger partial charge < -0.3 is 10.4 Å². The van der Waals surface area contributed by atoms with Crippen LogP contribution in [0.4, 0.5) is 5.69 Å². The van der Waals surface area contributed by atoms with E-state index in [0.717, 1.165) is 22.2 Å². The monoisotopic (exact) mass is 295 g/mol. The van der Waals surface area contributed by atoms with Gasteiger partial charge >= 0.3 is 0 Å². The number of nitrogens with one attached hydrogen (secondary N) is 1. The first-order chi connectivity index (χ1) is 10.7. The largest absolute Gasteiger partial charge is 0.396 e. The van der Waals surface area contributed by atoms with Crippen LogP contribution in [0.5, 0.6) is 0 Å². The minimum Gasteiger partial charge on any atom is -0.396 e. The van der Waals surface area contributed by atoms with E-state index in [4.69, 9.17) is 5.11 Å². The number of aliphatic hydroxyl groups excluding tert-OH is 1. The van der Waals surface area contributed by atoms with Crippen molar-refractivity contribution in [2.45, 2.75) is 13.3 Å². The summed E-state index contributed by atoms with van der Waals surface area (Å²) in [5.74, 6) is -0.205. The number of amides is 1. The molecule has 5 heteroatoms. The van der Waals surface area contributed by atoms with Gasteiger partial charge in [0.05, 0.1) is 30.4 Å². The molecule has 0 atom stereocenters. The predicted molar refractivity (Wildman–Crippen MR) is 86.1 cm³/mol. The van der Waals surface area contributed by atoms with Crippen LogP contribution in [0.3, 0.4) is 0 Å². The maximum atomic E-state index is 11.6. The van der Waals surface area contributed by atoms with Gasteiger partial charge in [0, 0.05) is 11.1 Å². The molecule has 112 valence electrons. The smallest absolute Gasteiger partial charge is 0.226 e. The number of fused-ring (bicyclic) bond motifs is 1. The Morgan fingerprint density at radius 2 is 2.14 bits per heavy atom.